The summed E-state index contributed by atoms with van der Waals surface area (Å²) in [5.74, 6) is 4.99. The van der Waals surface area contributed by atoms with E-state index < -0.39 is 11.7 Å². The normalized spacial score (nSPS) is 11.5. The van der Waals surface area contributed by atoms with Crippen LogP contribution in [0.3, 0.4) is 0 Å². The van der Waals surface area contributed by atoms with Gasteiger partial charge in [0.15, 0.2) is 0 Å². The molecule has 2 nitrogen and oxygen atoms in total. The zero-order valence-corrected chi connectivity index (χ0v) is 7.08. The molecule has 0 aliphatic rings. The molecule has 13 heavy (non-hydrogen) atoms. The molecule has 0 bridgehead atoms. The minimum absolute atomic E-state index is 0.331. The van der Waals surface area contributed by atoms with E-state index in [9.17, 15) is 13.2 Å². The Hall–Kier alpha value is -0.940. The molecule has 0 unspecified atom stereocenters. The molecular weight excluding hydrogens is 205 g/mol. The van der Waals surface area contributed by atoms with E-state index >= 15 is 0 Å². The lowest BCUT2D eigenvalue weighted by molar-refractivity contribution is -0.137. The van der Waals surface area contributed by atoms with Gasteiger partial charge >= 0.3 is 6.18 Å². The van der Waals surface area contributed by atoms with Gasteiger partial charge in [-0.25, -0.2) is 0 Å². The lowest BCUT2D eigenvalue weighted by Crippen LogP contribution is -2.09. The topological polar surface area (TPSA) is 38.0 Å². The fourth-order valence-corrected chi connectivity index (χ4v) is 1.12. The van der Waals surface area contributed by atoms with Crippen LogP contribution in [0.15, 0.2) is 18.2 Å². The molecule has 0 amide bonds. The highest BCUT2D eigenvalue weighted by atomic mass is 35.5. The Morgan fingerprint density at radius 3 is 2.31 bits per heavy atom. The molecule has 0 saturated heterocycles. The van der Waals surface area contributed by atoms with Gasteiger partial charge in [-0.3, -0.25) is 5.84 Å². The maximum Gasteiger partial charge on any atom is 0.417 e. The van der Waals surface area contributed by atoms with Gasteiger partial charge in [0.1, 0.15) is 0 Å². The van der Waals surface area contributed by atoms with Crippen molar-refractivity contribution in [2.75, 3.05) is 5.43 Å². The first kappa shape index (κ1) is 10.1. The number of anilines is 1. The highest BCUT2D eigenvalue weighted by molar-refractivity contribution is 6.31. The number of nitrogens with one attached hydrogen (secondary N) is 1. The summed E-state index contributed by atoms with van der Waals surface area (Å²) in [7, 11) is 0. The van der Waals surface area contributed by atoms with Gasteiger partial charge in [-0.1, -0.05) is 11.6 Å². The van der Waals surface area contributed by atoms with Crippen molar-refractivity contribution in [3.63, 3.8) is 0 Å². The standard InChI is InChI=1S/C7H6ClF3N2/c8-6-3-4(13-12)1-2-5(6)7(9,10)11/h1-3,13H,12H2. The number of nitrogen functional groups attached to an aromatic ring is 1. The SMILES string of the molecule is NNc1ccc(C(F)(F)F)c(Cl)c1. The first-order valence-corrected chi connectivity index (χ1v) is 3.66. The van der Waals surface area contributed by atoms with Crippen LogP contribution in [0, 0.1) is 0 Å². The second-order valence-corrected chi connectivity index (χ2v) is 2.74. The zero-order valence-electron chi connectivity index (χ0n) is 6.32. The quantitative estimate of drug-likeness (QED) is 0.552. The van der Waals surface area contributed by atoms with Crippen LogP contribution in [-0.4, -0.2) is 0 Å². The second kappa shape index (κ2) is 3.43. The monoisotopic (exact) mass is 210 g/mol. The summed E-state index contributed by atoms with van der Waals surface area (Å²) >= 11 is 5.38. The molecule has 0 spiro atoms. The Bertz CT molecular complexity index is 311. The van der Waals surface area contributed by atoms with E-state index in [0.29, 0.717) is 5.69 Å². The molecule has 0 aliphatic carbocycles. The van der Waals surface area contributed by atoms with E-state index in [4.69, 9.17) is 17.4 Å². The average Bonchev–Trinajstić information content (AvgIpc) is 2.01. The van der Waals surface area contributed by atoms with Crippen LogP contribution in [0.1, 0.15) is 5.56 Å². The zero-order chi connectivity index (χ0) is 10.1. The Morgan fingerprint density at radius 2 is 1.92 bits per heavy atom. The van der Waals surface area contributed by atoms with Gasteiger partial charge in [0.25, 0.3) is 0 Å². The molecule has 0 saturated carbocycles. The minimum atomic E-state index is -4.43. The third-order valence-corrected chi connectivity index (χ3v) is 1.75. The lowest BCUT2D eigenvalue weighted by atomic mass is 10.2. The van der Waals surface area contributed by atoms with Crippen molar-refractivity contribution < 1.29 is 13.2 Å². The maximum absolute atomic E-state index is 12.1. The number of hydrazine groups is 1. The van der Waals surface area contributed by atoms with Crippen molar-refractivity contribution in [2.45, 2.75) is 6.18 Å². The van der Waals surface area contributed by atoms with Gasteiger partial charge in [-0.15, -0.1) is 0 Å². The third kappa shape index (κ3) is 2.26. The van der Waals surface area contributed by atoms with E-state index in [0.717, 1.165) is 12.1 Å². The molecule has 1 aromatic carbocycles. The van der Waals surface area contributed by atoms with Gasteiger partial charge in [-0.05, 0) is 18.2 Å². The summed E-state index contributed by atoms with van der Waals surface area (Å²) < 4.78 is 36.4. The van der Waals surface area contributed by atoms with Gasteiger partial charge in [0.05, 0.1) is 10.6 Å². The van der Waals surface area contributed by atoms with Crippen LogP contribution in [-0.2, 0) is 6.18 Å². The summed E-state index contributed by atoms with van der Waals surface area (Å²) in [6, 6.07) is 3.19. The first-order valence-electron chi connectivity index (χ1n) is 3.28. The third-order valence-electron chi connectivity index (χ3n) is 1.44. The number of hydrogen-bond acceptors (Lipinski definition) is 2. The Kier molecular flexibility index (Phi) is 2.68. The van der Waals surface area contributed by atoms with Crippen molar-refractivity contribution in [3.8, 4) is 0 Å². The molecule has 0 fully saturated rings. The van der Waals surface area contributed by atoms with Crippen molar-refractivity contribution in [1.29, 1.82) is 0 Å². The summed E-state index contributed by atoms with van der Waals surface area (Å²) in [4.78, 5) is 0. The average molecular weight is 211 g/mol. The molecule has 3 N–H and O–H groups in total. The van der Waals surface area contributed by atoms with Gasteiger partial charge in [0, 0.05) is 5.69 Å². The van der Waals surface area contributed by atoms with Gasteiger partial charge in [0.2, 0.25) is 0 Å². The van der Waals surface area contributed by atoms with Crippen LogP contribution in [0.2, 0.25) is 5.02 Å². The number of rotatable bonds is 1. The molecular formula is C7H6ClF3N2. The number of halogens is 4. The molecule has 1 aromatic rings. The molecule has 0 aliphatic heterocycles. The number of nitrogens with two attached hydrogens (primary N) is 1. The molecule has 1 rings (SSSR count). The van der Waals surface area contributed by atoms with Gasteiger partial charge < -0.3 is 5.43 Å². The van der Waals surface area contributed by atoms with Crippen LogP contribution in [0.5, 0.6) is 0 Å². The molecule has 0 heterocycles. The van der Waals surface area contributed by atoms with Crippen molar-refractivity contribution in [3.05, 3.63) is 28.8 Å². The predicted molar refractivity (Wildman–Crippen MR) is 44.3 cm³/mol. The first-order chi connectivity index (χ1) is 5.95. The van der Waals surface area contributed by atoms with Crippen LogP contribution >= 0.6 is 11.6 Å². The molecule has 72 valence electrons. The fraction of sp³-hybridized carbons (Fsp3) is 0.143. The number of benzene rings is 1. The van der Waals surface area contributed by atoms with E-state index in [1.54, 1.807) is 0 Å². The van der Waals surface area contributed by atoms with Crippen molar-refractivity contribution >= 4 is 17.3 Å². The van der Waals surface area contributed by atoms with E-state index in [1.807, 2.05) is 0 Å². The molecule has 0 aromatic heterocycles. The number of hydrogen-bond donors (Lipinski definition) is 2. The largest absolute Gasteiger partial charge is 0.417 e. The molecule has 0 radical (unpaired) electrons. The van der Waals surface area contributed by atoms with Crippen LogP contribution in [0.4, 0.5) is 18.9 Å². The van der Waals surface area contributed by atoms with Crippen molar-refractivity contribution in [1.82, 2.24) is 0 Å². The molecule has 0 atom stereocenters. The lowest BCUT2D eigenvalue weighted by Gasteiger charge is -2.09. The summed E-state index contributed by atoms with van der Waals surface area (Å²) in [6.45, 7) is 0. The second-order valence-electron chi connectivity index (χ2n) is 2.34. The Morgan fingerprint density at radius 1 is 1.31 bits per heavy atom. The highest BCUT2D eigenvalue weighted by Crippen LogP contribution is 2.35. The number of alkyl halides is 3. The van der Waals surface area contributed by atoms with E-state index in [2.05, 4.69) is 5.43 Å². The minimum Gasteiger partial charge on any atom is -0.324 e. The summed E-state index contributed by atoms with van der Waals surface area (Å²) in [6.07, 6.45) is -4.43. The van der Waals surface area contributed by atoms with Crippen LogP contribution < -0.4 is 11.3 Å². The summed E-state index contributed by atoms with van der Waals surface area (Å²) in [5.41, 5.74) is 1.66. The Labute approximate surface area is 77.5 Å². The highest BCUT2D eigenvalue weighted by Gasteiger charge is 2.32. The van der Waals surface area contributed by atoms with E-state index in [1.165, 1.54) is 6.07 Å². The molecule has 6 heteroatoms. The maximum atomic E-state index is 12.1. The van der Waals surface area contributed by atoms with Gasteiger partial charge in [-0.2, -0.15) is 13.2 Å². The van der Waals surface area contributed by atoms with Crippen molar-refractivity contribution in [2.24, 2.45) is 5.84 Å². The van der Waals surface area contributed by atoms with Crippen LogP contribution in [0.25, 0.3) is 0 Å². The van der Waals surface area contributed by atoms with E-state index in [-0.39, 0.29) is 5.02 Å². The smallest absolute Gasteiger partial charge is 0.324 e. The Balaban J connectivity index is 3.13. The fourth-order valence-electron chi connectivity index (χ4n) is 0.835. The predicted octanol–water partition coefficient (Wildman–Crippen LogP) is 2.64. The summed E-state index contributed by atoms with van der Waals surface area (Å²) in [5, 5.41) is -0.372.